The van der Waals surface area contributed by atoms with Crippen LogP contribution in [0.4, 0.5) is 5.82 Å². The van der Waals surface area contributed by atoms with Crippen molar-refractivity contribution in [1.82, 2.24) is 10.1 Å². The summed E-state index contributed by atoms with van der Waals surface area (Å²) in [6.07, 6.45) is 3.08. The molecule has 1 amide bonds. The fourth-order valence-electron chi connectivity index (χ4n) is 3.34. The van der Waals surface area contributed by atoms with Gasteiger partial charge in [0.25, 0.3) is 5.91 Å². The van der Waals surface area contributed by atoms with Crippen molar-refractivity contribution in [3.05, 3.63) is 76.8 Å². The molecule has 1 fully saturated rings. The number of nitrogens with zero attached hydrogens (tertiary/aromatic N) is 3. The summed E-state index contributed by atoms with van der Waals surface area (Å²) in [6.45, 7) is 1.68. The maximum Gasteiger partial charge on any atom is 0.297 e. The molecule has 2 aromatic heterocycles. The van der Waals surface area contributed by atoms with Gasteiger partial charge in [0.2, 0.25) is 5.78 Å². The van der Waals surface area contributed by atoms with Crippen LogP contribution in [-0.2, 0) is 9.59 Å². The Morgan fingerprint density at radius 1 is 1.11 bits per heavy atom. The summed E-state index contributed by atoms with van der Waals surface area (Å²) in [5.41, 5.74) is 0.898. The van der Waals surface area contributed by atoms with E-state index in [9.17, 15) is 14.4 Å². The van der Waals surface area contributed by atoms with Crippen molar-refractivity contribution < 1.29 is 18.9 Å². The van der Waals surface area contributed by atoms with Crippen molar-refractivity contribution in [2.75, 3.05) is 4.90 Å². The van der Waals surface area contributed by atoms with Gasteiger partial charge in [0, 0.05) is 29.0 Å². The molecule has 0 bridgehead atoms. The summed E-state index contributed by atoms with van der Waals surface area (Å²) in [6, 6.07) is 10.2. The number of benzene rings is 1. The highest BCUT2D eigenvalue weighted by atomic mass is 35.5. The Hall–Kier alpha value is -3.32. The zero-order valence-electron chi connectivity index (χ0n) is 14.7. The van der Waals surface area contributed by atoms with Gasteiger partial charge in [-0.25, -0.2) is 0 Å². The van der Waals surface area contributed by atoms with E-state index in [0.29, 0.717) is 21.9 Å². The van der Waals surface area contributed by atoms with Crippen LogP contribution in [0.2, 0.25) is 5.02 Å². The van der Waals surface area contributed by atoms with Crippen LogP contribution in [0.3, 0.4) is 0 Å². The summed E-state index contributed by atoms with van der Waals surface area (Å²) >= 11 is 5.89. The van der Waals surface area contributed by atoms with Gasteiger partial charge in [-0.15, -0.1) is 0 Å². The van der Waals surface area contributed by atoms with Crippen LogP contribution in [0.5, 0.6) is 0 Å². The highest BCUT2D eigenvalue weighted by Gasteiger charge is 2.53. The summed E-state index contributed by atoms with van der Waals surface area (Å²) in [7, 11) is 0. The maximum absolute atomic E-state index is 13.2. The molecule has 0 N–H and O–H groups in total. The van der Waals surface area contributed by atoms with Gasteiger partial charge in [0.05, 0.1) is 6.04 Å². The highest BCUT2D eigenvalue weighted by molar-refractivity contribution is 6.48. The lowest BCUT2D eigenvalue weighted by Gasteiger charge is -2.24. The second-order valence-corrected chi connectivity index (χ2v) is 6.85. The molecule has 3 heterocycles. The monoisotopic (exact) mass is 395 g/mol. The van der Waals surface area contributed by atoms with E-state index in [1.54, 1.807) is 49.6 Å². The minimum Gasteiger partial charge on any atom is -0.360 e. The molecule has 7 nitrogen and oxygen atoms in total. The van der Waals surface area contributed by atoms with Crippen molar-refractivity contribution >= 4 is 34.9 Å². The number of rotatable bonds is 4. The van der Waals surface area contributed by atoms with E-state index >= 15 is 0 Å². The predicted molar refractivity (Wildman–Crippen MR) is 100.0 cm³/mol. The molecular formula is C20H14ClN3O4. The number of halogens is 1. The quantitative estimate of drug-likeness (QED) is 0.382. The normalized spacial score (nSPS) is 19.3. The minimum absolute atomic E-state index is 0.184. The molecule has 1 aliphatic heterocycles. The van der Waals surface area contributed by atoms with E-state index in [0.717, 1.165) is 0 Å². The van der Waals surface area contributed by atoms with Gasteiger partial charge < -0.3 is 4.52 Å². The summed E-state index contributed by atoms with van der Waals surface area (Å²) < 4.78 is 5.07. The van der Waals surface area contributed by atoms with Crippen LogP contribution in [0.15, 0.2) is 59.4 Å². The van der Waals surface area contributed by atoms with Crippen LogP contribution < -0.4 is 4.90 Å². The lowest BCUT2D eigenvalue weighted by atomic mass is 9.86. The largest absolute Gasteiger partial charge is 0.360 e. The first-order valence-electron chi connectivity index (χ1n) is 8.48. The number of aromatic nitrogens is 2. The van der Waals surface area contributed by atoms with Gasteiger partial charge in [0.1, 0.15) is 11.7 Å². The molecule has 0 aliphatic carbocycles. The number of anilines is 1. The molecule has 2 unspecified atom stereocenters. The fraction of sp³-hybridized carbons (Fsp3) is 0.150. The van der Waals surface area contributed by atoms with Crippen LogP contribution in [-0.4, -0.2) is 27.6 Å². The lowest BCUT2D eigenvalue weighted by Crippen LogP contribution is -2.30. The topological polar surface area (TPSA) is 93.4 Å². The average Bonchev–Trinajstić information content (AvgIpc) is 3.24. The number of amides is 1. The van der Waals surface area contributed by atoms with Gasteiger partial charge in [-0.3, -0.25) is 24.3 Å². The molecule has 3 aromatic rings. The van der Waals surface area contributed by atoms with Crippen molar-refractivity contribution in [2.24, 2.45) is 5.92 Å². The summed E-state index contributed by atoms with van der Waals surface area (Å²) in [5.74, 6) is -2.60. The molecule has 1 aromatic carbocycles. The van der Waals surface area contributed by atoms with Gasteiger partial charge in [-0.2, -0.15) is 0 Å². The molecule has 1 saturated heterocycles. The van der Waals surface area contributed by atoms with Crippen LogP contribution >= 0.6 is 11.6 Å². The molecule has 28 heavy (non-hydrogen) atoms. The van der Waals surface area contributed by atoms with Crippen LogP contribution in [0.1, 0.15) is 27.7 Å². The summed E-state index contributed by atoms with van der Waals surface area (Å²) in [4.78, 5) is 44.0. The van der Waals surface area contributed by atoms with Gasteiger partial charge in [0.15, 0.2) is 11.6 Å². The Morgan fingerprint density at radius 2 is 1.79 bits per heavy atom. The first-order chi connectivity index (χ1) is 13.5. The smallest absolute Gasteiger partial charge is 0.297 e. The fourth-order valence-corrected chi connectivity index (χ4v) is 3.47. The van der Waals surface area contributed by atoms with Crippen molar-refractivity contribution in [3.63, 3.8) is 0 Å². The SMILES string of the molecule is Cc1cc(N2C(=O)C(=O)C(C(=O)c3ccc(Cl)cc3)C2c2ccncc2)no1. The van der Waals surface area contributed by atoms with Gasteiger partial charge in [-0.05, 0) is 48.9 Å². The molecule has 0 saturated carbocycles. The van der Waals surface area contributed by atoms with E-state index < -0.39 is 29.4 Å². The standard InChI is InChI=1S/C20H14ClN3O4/c1-11-10-15(23-28-11)24-17(12-6-8-22-9-7-12)16(19(26)20(24)27)18(25)13-2-4-14(21)5-3-13/h2-10,16-17H,1H3. The molecule has 0 radical (unpaired) electrons. The predicted octanol–water partition coefficient (Wildman–Crippen LogP) is 3.19. The second-order valence-electron chi connectivity index (χ2n) is 6.41. The summed E-state index contributed by atoms with van der Waals surface area (Å²) in [5, 5.41) is 4.34. The Kier molecular flexibility index (Phi) is 4.52. The molecule has 1 aliphatic rings. The third-order valence-electron chi connectivity index (χ3n) is 4.63. The third-order valence-corrected chi connectivity index (χ3v) is 4.88. The van der Waals surface area contributed by atoms with E-state index in [-0.39, 0.29) is 5.82 Å². The van der Waals surface area contributed by atoms with Crippen molar-refractivity contribution in [3.8, 4) is 0 Å². The van der Waals surface area contributed by atoms with Crippen molar-refractivity contribution in [1.29, 1.82) is 0 Å². The Balaban J connectivity index is 1.83. The number of carbonyl (C=O) groups is 3. The maximum atomic E-state index is 13.2. The number of carbonyl (C=O) groups excluding carboxylic acids is 3. The number of ketones is 2. The van der Waals surface area contributed by atoms with E-state index in [2.05, 4.69) is 10.1 Å². The first-order valence-corrected chi connectivity index (χ1v) is 8.85. The van der Waals surface area contributed by atoms with Gasteiger partial charge in [-0.1, -0.05) is 16.8 Å². The van der Waals surface area contributed by atoms with Crippen molar-refractivity contribution in [2.45, 2.75) is 13.0 Å². The number of hydrogen-bond acceptors (Lipinski definition) is 6. The Morgan fingerprint density at radius 3 is 2.39 bits per heavy atom. The molecule has 8 heteroatoms. The van der Waals surface area contributed by atoms with Gasteiger partial charge >= 0.3 is 0 Å². The second kappa shape index (κ2) is 7.01. The number of hydrogen-bond donors (Lipinski definition) is 0. The van der Waals surface area contributed by atoms with E-state index in [4.69, 9.17) is 16.1 Å². The zero-order chi connectivity index (χ0) is 19.8. The Bertz CT molecular complexity index is 1060. The minimum atomic E-state index is -1.21. The third kappa shape index (κ3) is 2.99. The highest BCUT2D eigenvalue weighted by Crippen LogP contribution is 2.40. The van der Waals surface area contributed by atoms with E-state index in [1.807, 2.05) is 0 Å². The molecule has 2 atom stereocenters. The molecule has 0 spiro atoms. The lowest BCUT2D eigenvalue weighted by molar-refractivity contribution is -0.135. The molecule has 140 valence electrons. The molecule has 4 rings (SSSR count). The number of Topliss-reactive ketones (excluding diaryl/α,β-unsaturated/α-hetero) is 2. The first kappa shape index (κ1) is 18.1. The Labute approximate surface area is 164 Å². The van der Waals surface area contributed by atoms with Crippen LogP contribution in [0, 0.1) is 12.8 Å². The number of pyridine rings is 1. The molecular weight excluding hydrogens is 382 g/mol. The average molecular weight is 396 g/mol. The van der Waals surface area contributed by atoms with E-state index in [1.165, 1.54) is 17.0 Å². The number of aryl methyl sites for hydroxylation is 1. The zero-order valence-corrected chi connectivity index (χ0v) is 15.5. The van der Waals surface area contributed by atoms with Crippen LogP contribution in [0.25, 0.3) is 0 Å².